The Kier molecular flexibility index (Phi) is 4.22. The Morgan fingerprint density at radius 1 is 1.20 bits per heavy atom. The van der Waals surface area contributed by atoms with Crippen LogP contribution in [0.5, 0.6) is 0 Å². The Hall–Kier alpha value is -2.11. The predicted octanol–water partition coefficient (Wildman–Crippen LogP) is 2.56. The van der Waals surface area contributed by atoms with Crippen molar-refractivity contribution in [3.8, 4) is 0 Å². The van der Waals surface area contributed by atoms with Crippen LogP contribution >= 0.6 is 0 Å². The SMILES string of the molecule is CCc1nc(CC)n(CC(=O)c2c(F)cccc2F)n1. The third-order valence-corrected chi connectivity index (χ3v) is 2.96. The van der Waals surface area contributed by atoms with E-state index in [9.17, 15) is 13.6 Å². The molecule has 1 heterocycles. The molecule has 2 rings (SSSR count). The van der Waals surface area contributed by atoms with E-state index < -0.39 is 23.0 Å². The minimum Gasteiger partial charge on any atom is -0.292 e. The van der Waals surface area contributed by atoms with Crippen molar-refractivity contribution in [3.05, 3.63) is 47.0 Å². The van der Waals surface area contributed by atoms with Crippen LogP contribution in [-0.4, -0.2) is 20.5 Å². The maximum absolute atomic E-state index is 13.6. The highest BCUT2D eigenvalue weighted by molar-refractivity contribution is 5.96. The molecule has 0 atom stereocenters. The monoisotopic (exact) mass is 279 g/mol. The fourth-order valence-corrected chi connectivity index (χ4v) is 1.94. The number of aryl methyl sites for hydroxylation is 2. The van der Waals surface area contributed by atoms with Gasteiger partial charge in [-0.05, 0) is 12.1 Å². The summed E-state index contributed by atoms with van der Waals surface area (Å²) >= 11 is 0. The van der Waals surface area contributed by atoms with E-state index in [2.05, 4.69) is 10.1 Å². The summed E-state index contributed by atoms with van der Waals surface area (Å²) in [7, 11) is 0. The van der Waals surface area contributed by atoms with Crippen LogP contribution in [0, 0.1) is 11.6 Å². The van der Waals surface area contributed by atoms with Crippen molar-refractivity contribution < 1.29 is 13.6 Å². The number of carbonyl (C=O) groups is 1. The number of hydrogen-bond donors (Lipinski definition) is 0. The molecule has 0 aliphatic heterocycles. The summed E-state index contributed by atoms with van der Waals surface area (Å²) in [6.45, 7) is 3.57. The van der Waals surface area contributed by atoms with Crippen LogP contribution in [-0.2, 0) is 19.4 Å². The molecular formula is C14H15F2N3O. The number of benzene rings is 1. The fraction of sp³-hybridized carbons (Fsp3) is 0.357. The van der Waals surface area contributed by atoms with Crippen molar-refractivity contribution in [2.45, 2.75) is 33.2 Å². The Bertz CT molecular complexity index is 617. The smallest absolute Gasteiger partial charge is 0.190 e. The van der Waals surface area contributed by atoms with Crippen LogP contribution in [0.1, 0.15) is 35.9 Å². The van der Waals surface area contributed by atoms with Crippen LogP contribution in [0.2, 0.25) is 0 Å². The first-order valence-corrected chi connectivity index (χ1v) is 6.46. The van der Waals surface area contributed by atoms with Gasteiger partial charge in [-0.2, -0.15) is 5.10 Å². The molecule has 20 heavy (non-hydrogen) atoms. The third-order valence-electron chi connectivity index (χ3n) is 2.96. The molecule has 2 aromatic rings. The first-order chi connectivity index (χ1) is 9.56. The van der Waals surface area contributed by atoms with Crippen molar-refractivity contribution >= 4 is 5.78 Å². The zero-order valence-corrected chi connectivity index (χ0v) is 11.4. The number of Topliss-reactive ketones (excluding diaryl/α,β-unsaturated/α-hetero) is 1. The zero-order chi connectivity index (χ0) is 14.7. The van der Waals surface area contributed by atoms with Gasteiger partial charge in [-0.3, -0.25) is 4.79 Å². The molecule has 1 aromatic carbocycles. The van der Waals surface area contributed by atoms with Crippen molar-refractivity contribution in [1.82, 2.24) is 14.8 Å². The quantitative estimate of drug-likeness (QED) is 0.790. The standard InChI is InChI=1S/C14H15F2N3O/c1-3-12-17-13(4-2)19(18-12)8-11(20)14-9(15)6-5-7-10(14)16/h5-7H,3-4,8H2,1-2H3. The Morgan fingerprint density at radius 3 is 2.40 bits per heavy atom. The number of aromatic nitrogens is 3. The number of ketones is 1. The lowest BCUT2D eigenvalue weighted by molar-refractivity contribution is 0.0958. The van der Waals surface area contributed by atoms with Gasteiger partial charge in [0.25, 0.3) is 0 Å². The maximum Gasteiger partial charge on any atom is 0.190 e. The average Bonchev–Trinajstić information content (AvgIpc) is 2.80. The minimum atomic E-state index is -0.858. The van der Waals surface area contributed by atoms with Gasteiger partial charge < -0.3 is 0 Å². The normalized spacial score (nSPS) is 10.8. The topological polar surface area (TPSA) is 47.8 Å². The van der Waals surface area contributed by atoms with Crippen molar-refractivity contribution in [2.24, 2.45) is 0 Å². The van der Waals surface area contributed by atoms with Crippen LogP contribution < -0.4 is 0 Å². The number of carbonyl (C=O) groups excluding carboxylic acids is 1. The minimum absolute atomic E-state index is 0.214. The summed E-state index contributed by atoms with van der Waals surface area (Å²) < 4.78 is 28.5. The van der Waals surface area contributed by atoms with Gasteiger partial charge in [0.15, 0.2) is 11.6 Å². The van der Waals surface area contributed by atoms with Crippen LogP contribution in [0.3, 0.4) is 0 Å². The van der Waals surface area contributed by atoms with Gasteiger partial charge in [0.2, 0.25) is 0 Å². The molecule has 4 nitrogen and oxygen atoms in total. The average molecular weight is 279 g/mol. The summed E-state index contributed by atoms with van der Waals surface area (Å²) in [5, 5.41) is 4.16. The number of rotatable bonds is 5. The highest BCUT2D eigenvalue weighted by Gasteiger charge is 2.19. The molecule has 0 fully saturated rings. The second kappa shape index (κ2) is 5.90. The molecule has 0 aliphatic carbocycles. The molecular weight excluding hydrogens is 264 g/mol. The van der Waals surface area contributed by atoms with Crippen molar-refractivity contribution in [2.75, 3.05) is 0 Å². The van der Waals surface area contributed by atoms with Gasteiger partial charge in [-0.15, -0.1) is 0 Å². The molecule has 6 heteroatoms. The number of halogens is 2. The largest absolute Gasteiger partial charge is 0.292 e. The molecule has 0 bridgehead atoms. The van der Waals surface area contributed by atoms with Crippen LogP contribution in [0.4, 0.5) is 8.78 Å². The Morgan fingerprint density at radius 2 is 1.85 bits per heavy atom. The lowest BCUT2D eigenvalue weighted by Gasteiger charge is -2.06. The van der Waals surface area contributed by atoms with Crippen LogP contribution in [0.25, 0.3) is 0 Å². The van der Waals surface area contributed by atoms with E-state index in [0.29, 0.717) is 24.5 Å². The van der Waals surface area contributed by atoms with Crippen molar-refractivity contribution in [1.29, 1.82) is 0 Å². The highest BCUT2D eigenvalue weighted by atomic mass is 19.1. The van der Waals surface area contributed by atoms with Gasteiger partial charge in [-0.25, -0.2) is 18.4 Å². The summed E-state index contributed by atoms with van der Waals surface area (Å²) in [4.78, 5) is 16.3. The molecule has 0 radical (unpaired) electrons. The van der Waals surface area contributed by atoms with Gasteiger partial charge in [-0.1, -0.05) is 19.9 Å². The summed E-state index contributed by atoms with van der Waals surface area (Å²) in [6, 6.07) is 3.36. The Labute approximate surface area is 115 Å². The molecule has 106 valence electrons. The molecule has 0 spiro atoms. The molecule has 0 saturated heterocycles. The first kappa shape index (κ1) is 14.3. The number of nitrogens with zero attached hydrogens (tertiary/aromatic N) is 3. The summed E-state index contributed by atoms with van der Waals surface area (Å²) in [5.41, 5.74) is -0.525. The zero-order valence-electron chi connectivity index (χ0n) is 11.4. The van der Waals surface area contributed by atoms with E-state index in [4.69, 9.17) is 0 Å². The van der Waals surface area contributed by atoms with E-state index in [1.807, 2.05) is 13.8 Å². The van der Waals surface area contributed by atoms with E-state index in [1.165, 1.54) is 10.7 Å². The molecule has 0 unspecified atom stereocenters. The molecule has 0 N–H and O–H groups in total. The van der Waals surface area contributed by atoms with Crippen LogP contribution in [0.15, 0.2) is 18.2 Å². The number of hydrogen-bond acceptors (Lipinski definition) is 3. The van der Waals surface area contributed by atoms with Gasteiger partial charge in [0.05, 0.1) is 5.56 Å². The predicted molar refractivity (Wildman–Crippen MR) is 69.5 cm³/mol. The van der Waals surface area contributed by atoms with Crippen molar-refractivity contribution in [3.63, 3.8) is 0 Å². The fourth-order valence-electron chi connectivity index (χ4n) is 1.94. The van der Waals surface area contributed by atoms with Gasteiger partial charge in [0, 0.05) is 12.8 Å². The van der Waals surface area contributed by atoms with E-state index in [0.717, 1.165) is 12.1 Å². The molecule has 0 aliphatic rings. The molecule has 0 amide bonds. The molecule has 0 saturated carbocycles. The molecule has 1 aromatic heterocycles. The second-order valence-corrected chi connectivity index (χ2v) is 4.33. The lowest BCUT2D eigenvalue weighted by atomic mass is 10.1. The van der Waals surface area contributed by atoms with E-state index in [1.54, 1.807) is 0 Å². The summed E-state index contributed by atoms with van der Waals surface area (Å²) in [6.07, 6.45) is 1.24. The van der Waals surface area contributed by atoms with Gasteiger partial charge in [0.1, 0.15) is 24.0 Å². The highest BCUT2D eigenvalue weighted by Crippen LogP contribution is 2.14. The first-order valence-electron chi connectivity index (χ1n) is 6.46. The third kappa shape index (κ3) is 2.74. The lowest BCUT2D eigenvalue weighted by Crippen LogP contribution is -2.17. The Balaban J connectivity index is 2.30. The van der Waals surface area contributed by atoms with E-state index >= 15 is 0 Å². The summed E-state index contributed by atoms with van der Waals surface area (Å²) in [5.74, 6) is -1.12. The maximum atomic E-state index is 13.6. The van der Waals surface area contributed by atoms with E-state index in [-0.39, 0.29) is 6.54 Å². The second-order valence-electron chi connectivity index (χ2n) is 4.33. The van der Waals surface area contributed by atoms with Gasteiger partial charge >= 0.3 is 0 Å².